The molecule has 2 N–H and O–H groups in total. The summed E-state index contributed by atoms with van der Waals surface area (Å²) in [6, 6.07) is 10.9. The van der Waals surface area contributed by atoms with Crippen molar-refractivity contribution in [1.29, 1.82) is 0 Å². The zero-order valence-electron chi connectivity index (χ0n) is 13.6. The van der Waals surface area contributed by atoms with Crippen LogP contribution in [0.3, 0.4) is 0 Å². The first-order valence-electron chi connectivity index (χ1n) is 7.75. The van der Waals surface area contributed by atoms with Crippen molar-refractivity contribution >= 4 is 22.4 Å². The van der Waals surface area contributed by atoms with E-state index in [1.807, 2.05) is 24.3 Å². The van der Waals surface area contributed by atoms with Crippen LogP contribution in [0.1, 0.15) is 19.8 Å². The van der Waals surface area contributed by atoms with Crippen LogP contribution >= 0.6 is 0 Å². The third-order valence-electron chi connectivity index (χ3n) is 3.83. The third-order valence-corrected chi connectivity index (χ3v) is 3.83. The molecule has 1 amide bonds. The van der Waals surface area contributed by atoms with Gasteiger partial charge in [0, 0.05) is 11.1 Å². The molecule has 22 heavy (non-hydrogen) atoms. The predicted octanol–water partition coefficient (Wildman–Crippen LogP) is 3.36. The number of nitrogens with zero attached hydrogens (tertiary/aromatic N) is 1. The fourth-order valence-corrected chi connectivity index (χ4v) is 2.62. The number of carbonyl (C=O) groups is 1. The first-order valence-corrected chi connectivity index (χ1v) is 7.75. The maximum Gasteiger partial charge on any atom is 0.279 e. The molecule has 0 heterocycles. The SMILES string of the molecule is CCCC[N+](C)(C)CC(=O)Nc1cccc2cc(O)ccc12. The first-order chi connectivity index (χ1) is 10.4. The second-order valence-corrected chi connectivity index (χ2v) is 6.43. The number of unbranched alkanes of at least 4 members (excludes halogenated alkanes) is 1. The van der Waals surface area contributed by atoms with Crippen molar-refractivity contribution in [3.05, 3.63) is 36.4 Å². The zero-order chi connectivity index (χ0) is 16.2. The number of benzene rings is 2. The maximum absolute atomic E-state index is 12.3. The summed E-state index contributed by atoms with van der Waals surface area (Å²) >= 11 is 0. The Balaban J connectivity index is 2.12. The molecule has 0 aliphatic rings. The Morgan fingerprint density at radius 3 is 2.73 bits per heavy atom. The average molecular weight is 301 g/mol. The molecular weight excluding hydrogens is 276 g/mol. The van der Waals surface area contributed by atoms with E-state index in [0.717, 1.165) is 35.8 Å². The van der Waals surface area contributed by atoms with Gasteiger partial charge in [0.15, 0.2) is 6.54 Å². The third kappa shape index (κ3) is 4.21. The molecule has 0 aromatic heterocycles. The largest absolute Gasteiger partial charge is 0.508 e. The van der Waals surface area contributed by atoms with Crippen LogP contribution in [-0.4, -0.2) is 42.7 Å². The molecule has 0 aliphatic carbocycles. The lowest BCUT2D eigenvalue weighted by molar-refractivity contribution is -0.882. The van der Waals surface area contributed by atoms with Crippen LogP contribution < -0.4 is 5.32 Å². The molecule has 0 spiro atoms. The van der Waals surface area contributed by atoms with Gasteiger partial charge in [0.25, 0.3) is 5.91 Å². The minimum atomic E-state index is 0.0154. The Labute approximate surface area is 132 Å². The number of fused-ring (bicyclic) bond motifs is 1. The molecule has 0 radical (unpaired) electrons. The maximum atomic E-state index is 12.3. The molecule has 2 aromatic rings. The van der Waals surface area contributed by atoms with Crippen LogP contribution in [0.4, 0.5) is 5.69 Å². The summed E-state index contributed by atoms with van der Waals surface area (Å²) in [5.74, 6) is 0.245. The van der Waals surface area contributed by atoms with E-state index in [1.165, 1.54) is 0 Å². The Morgan fingerprint density at radius 1 is 1.23 bits per heavy atom. The summed E-state index contributed by atoms with van der Waals surface area (Å²) in [6.07, 6.45) is 2.25. The fraction of sp³-hybridized carbons (Fsp3) is 0.389. The van der Waals surface area contributed by atoms with E-state index in [4.69, 9.17) is 0 Å². The Bertz CT molecular complexity index is 665. The number of phenols is 1. The lowest BCUT2D eigenvalue weighted by Crippen LogP contribution is -2.46. The summed E-state index contributed by atoms with van der Waals surface area (Å²) in [7, 11) is 4.16. The average Bonchev–Trinajstić information content (AvgIpc) is 2.44. The molecule has 118 valence electrons. The summed E-state index contributed by atoms with van der Waals surface area (Å²) in [6.45, 7) is 3.60. The van der Waals surface area contributed by atoms with Gasteiger partial charge in [-0.15, -0.1) is 0 Å². The highest BCUT2D eigenvalue weighted by Gasteiger charge is 2.19. The number of anilines is 1. The van der Waals surface area contributed by atoms with Gasteiger partial charge < -0.3 is 14.9 Å². The molecule has 2 aromatic carbocycles. The molecule has 0 aliphatic heterocycles. The molecule has 0 atom stereocenters. The second-order valence-electron chi connectivity index (χ2n) is 6.43. The molecule has 0 fully saturated rings. The number of hydrogen-bond donors (Lipinski definition) is 2. The van der Waals surface area contributed by atoms with Crippen molar-refractivity contribution in [3.63, 3.8) is 0 Å². The highest BCUT2D eigenvalue weighted by Crippen LogP contribution is 2.26. The number of likely N-dealkylation sites (N-methyl/N-ethyl adjacent to an activating group) is 1. The van der Waals surface area contributed by atoms with Gasteiger partial charge in [-0.2, -0.15) is 0 Å². The Hall–Kier alpha value is -2.07. The fourth-order valence-electron chi connectivity index (χ4n) is 2.62. The Kier molecular flexibility index (Phi) is 5.03. The van der Waals surface area contributed by atoms with Gasteiger partial charge >= 0.3 is 0 Å². The van der Waals surface area contributed by atoms with E-state index in [0.29, 0.717) is 11.0 Å². The Morgan fingerprint density at radius 2 is 2.00 bits per heavy atom. The van der Waals surface area contributed by atoms with E-state index in [9.17, 15) is 9.90 Å². The molecule has 0 bridgehead atoms. The molecule has 0 unspecified atom stereocenters. The lowest BCUT2D eigenvalue weighted by atomic mass is 10.1. The van der Waals surface area contributed by atoms with Crippen molar-refractivity contribution < 1.29 is 14.4 Å². The number of quaternary nitrogens is 1. The van der Waals surface area contributed by atoms with E-state index in [1.54, 1.807) is 12.1 Å². The highest BCUT2D eigenvalue weighted by atomic mass is 16.3. The summed E-state index contributed by atoms with van der Waals surface area (Å²) in [5, 5.41) is 14.4. The van der Waals surface area contributed by atoms with Gasteiger partial charge in [-0.3, -0.25) is 4.79 Å². The van der Waals surface area contributed by atoms with Crippen molar-refractivity contribution in [2.75, 3.05) is 32.5 Å². The summed E-state index contributed by atoms with van der Waals surface area (Å²) in [4.78, 5) is 12.3. The van der Waals surface area contributed by atoms with Gasteiger partial charge in [0.2, 0.25) is 0 Å². The number of carbonyl (C=O) groups excluding carboxylic acids is 1. The van der Waals surface area contributed by atoms with Crippen molar-refractivity contribution in [2.24, 2.45) is 0 Å². The molecular formula is C18H25N2O2+. The van der Waals surface area contributed by atoms with E-state index in [2.05, 4.69) is 26.3 Å². The van der Waals surface area contributed by atoms with Crippen molar-refractivity contribution in [2.45, 2.75) is 19.8 Å². The second kappa shape index (κ2) is 6.79. The van der Waals surface area contributed by atoms with E-state index in [-0.39, 0.29) is 11.7 Å². The van der Waals surface area contributed by atoms with Crippen LogP contribution in [0, 0.1) is 0 Å². The van der Waals surface area contributed by atoms with Crippen molar-refractivity contribution in [3.8, 4) is 5.75 Å². The number of aromatic hydroxyl groups is 1. The molecule has 2 rings (SSSR count). The normalized spacial score (nSPS) is 11.6. The van der Waals surface area contributed by atoms with Crippen LogP contribution in [0.5, 0.6) is 5.75 Å². The van der Waals surface area contributed by atoms with E-state index < -0.39 is 0 Å². The van der Waals surface area contributed by atoms with Gasteiger partial charge in [-0.25, -0.2) is 0 Å². The zero-order valence-corrected chi connectivity index (χ0v) is 13.6. The van der Waals surface area contributed by atoms with Gasteiger partial charge in [0.05, 0.1) is 20.6 Å². The predicted molar refractivity (Wildman–Crippen MR) is 91.0 cm³/mol. The van der Waals surface area contributed by atoms with Crippen molar-refractivity contribution in [1.82, 2.24) is 0 Å². The standard InChI is InChI=1S/C18H24N2O2/c1-4-5-11-20(2,3)13-18(22)19-17-8-6-7-14-12-15(21)9-10-16(14)17/h6-10,12H,4-5,11,13H2,1-3H3,(H-,19,21,22)/p+1. The number of nitrogens with one attached hydrogen (secondary N) is 1. The molecule has 0 saturated heterocycles. The summed E-state index contributed by atoms with van der Waals surface area (Å²) < 4.78 is 0.686. The van der Waals surface area contributed by atoms with E-state index >= 15 is 0 Å². The lowest BCUT2D eigenvalue weighted by Gasteiger charge is -2.29. The monoisotopic (exact) mass is 301 g/mol. The van der Waals surface area contributed by atoms with Crippen LogP contribution in [0.15, 0.2) is 36.4 Å². The van der Waals surface area contributed by atoms with Gasteiger partial charge in [0.1, 0.15) is 5.75 Å². The molecule has 0 saturated carbocycles. The number of phenolic OH excluding ortho intramolecular Hbond substituents is 1. The smallest absolute Gasteiger partial charge is 0.279 e. The quantitative estimate of drug-likeness (QED) is 0.804. The minimum Gasteiger partial charge on any atom is -0.508 e. The number of amides is 1. The van der Waals surface area contributed by atoms with Gasteiger partial charge in [-0.1, -0.05) is 25.5 Å². The molecule has 4 nitrogen and oxygen atoms in total. The topological polar surface area (TPSA) is 49.3 Å². The number of rotatable bonds is 6. The minimum absolute atomic E-state index is 0.0154. The van der Waals surface area contributed by atoms with Crippen LogP contribution in [-0.2, 0) is 4.79 Å². The highest BCUT2D eigenvalue weighted by molar-refractivity contribution is 6.02. The first kappa shape index (κ1) is 16.3. The number of hydrogen-bond acceptors (Lipinski definition) is 2. The van der Waals surface area contributed by atoms with Crippen LogP contribution in [0.2, 0.25) is 0 Å². The molecule has 4 heteroatoms. The van der Waals surface area contributed by atoms with Gasteiger partial charge in [-0.05, 0) is 36.1 Å². The van der Waals surface area contributed by atoms with Crippen LogP contribution in [0.25, 0.3) is 10.8 Å². The summed E-state index contributed by atoms with van der Waals surface area (Å²) in [5.41, 5.74) is 0.790.